The number of hydrogen-bond acceptors (Lipinski definition) is 3. The third-order valence-corrected chi connectivity index (χ3v) is 4.26. The summed E-state index contributed by atoms with van der Waals surface area (Å²) in [6.07, 6.45) is 0. The highest BCUT2D eigenvalue weighted by Gasteiger charge is 2.24. The first kappa shape index (κ1) is 15.2. The van der Waals surface area contributed by atoms with Crippen LogP contribution in [0.4, 0.5) is 0 Å². The second kappa shape index (κ2) is 7.54. The molecule has 0 amide bonds. The van der Waals surface area contributed by atoms with Crippen molar-refractivity contribution in [3.05, 3.63) is 71.8 Å². The smallest absolute Gasteiger partial charge is 0.0513 e. The van der Waals surface area contributed by atoms with Crippen LogP contribution < -0.4 is 5.73 Å². The molecule has 1 aliphatic heterocycles. The van der Waals surface area contributed by atoms with Gasteiger partial charge in [-0.3, -0.25) is 9.80 Å². The summed E-state index contributed by atoms with van der Waals surface area (Å²) in [6, 6.07) is 21.4. The Morgan fingerprint density at radius 2 is 1.23 bits per heavy atom. The Morgan fingerprint density at radius 3 is 1.64 bits per heavy atom. The molecule has 0 radical (unpaired) electrons. The van der Waals surface area contributed by atoms with Crippen LogP contribution in [0.5, 0.6) is 0 Å². The Bertz CT molecular complexity index is 506. The lowest BCUT2D eigenvalue weighted by atomic mass is 10.0. The summed E-state index contributed by atoms with van der Waals surface area (Å²) >= 11 is 0. The Morgan fingerprint density at radius 1 is 0.773 bits per heavy atom. The highest BCUT2D eigenvalue weighted by Crippen LogP contribution is 2.17. The third kappa shape index (κ3) is 4.17. The van der Waals surface area contributed by atoms with E-state index < -0.39 is 0 Å². The lowest BCUT2D eigenvalue weighted by Gasteiger charge is -2.40. The van der Waals surface area contributed by atoms with Gasteiger partial charge in [-0.1, -0.05) is 60.7 Å². The molecule has 22 heavy (non-hydrogen) atoms. The van der Waals surface area contributed by atoms with Gasteiger partial charge in [-0.25, -0.2) is 0 Å². The molecule has 1 saturated heterocycles. The van der Waals surface area contributed by atoms with Crippen LogP contribution in [0.25, 0.3) is 0 Å². The Hall–Kier alpha value is -1.68. The highest BCUT2D eigenvalue weighted by atomic mass is 15.3. The number of nitrogens with zero attached hydrogens (tertiary/aromatic N) is 2. The summed E-state index contributed by atoms with van der Waals surface area (Å²) in [6.45, 7) is 5.97. The van der Waals surface area contributed by atoms with Gasteiger partial charge >= 0.3 is 0 Å². The zero-order valence-corrected chi connectivity index (χ0v) is 13.1. The quantitative estimate of drug-likeness (QED) is 0.920. The normalized spacial score (nSPS) is 17.7. The molecule has 116 valence electrons. The zero-order chi connectivity index (χ0) is 15.2. The van der Waals surface area contributed by atoms with Crippen LogP contribution in [0.2, 0.25) is 0 Å². The standard InChI is InChI=1S/C19H25N3/c20-11-19-14-21(12-17-7-3-1-4-8-17)16-22(15-19)13-18-9-5-2-6-10-18/h1-10,19H,11-16,20H2. The van der Waals surface area contributed by atoms with E-state index in [0.29, 0.717) is 5.92 Å². The van der Waals surface area contributed by atoms with Crippen LogP contribution in [0, 0.1) is 5.92 Å². The molecule has 0 atom stereocenters. The first-order valence-electron chi connectivity index (χ1n) is 8.06. The molecule has 1 fully saturated rings. The summed E-state index contributed by atoms with van der Waals surface area (Å²) in [5.41, 5.74) is 8.71. The van der Waals surface area contributed by atoms with Gasteiger partial charge in [-0.2, -0.15) is 0 Å². The molecule has 3 heteroatoms. The number of nitrogens with two attached hydrogens (primary N) is 1. The molecule has 1 heterocycles. The molecule has 2 aromatic carbocycles. The van der Waals surface area contributed by atoms with Crippen LogP contribution in [-0.2, 0) is 13.1 Å². The summed E-state index contributed by atoms with van der Waals surface area (Å²) < 4.78 is 0. The van der Waals surface area contributed by atoms with Gasteiger partial charge in [0.15, 0.2) is 0 Å². The summed E-state index contributed by atoms with van der Waals surface area (Å²) in [5, 5.41) is 0. The van der Waals surface area contributed by atoms with Gasteiger partial charge in [-0.05, 0) is 23.6 Å². The predicted molar refractivity (Wildman–Crippen MR) is 91.1 cm³/mol. The van der Waals surface area contributed by atoms with Crippen LogP contribution in [0.3, 0.4) is 0 Å². The van der Waals surface area contributed by atoms with E-state index in [1.807, 2.05) is 0 Å². The Balaban J connectivity index is 1.64. The molecule has 0 saturated carbocycles. The fourth-order valence-corrected chi connectivity index (χ4v) is 3.25. The van der Waals surface area contributed by atoms with E-state index in [2.05, 4.69) is 70.5 Å². The van der Waals surface area contributed by atoms with Crippen molar-refractivity contribution in [2.45, 2.75) is 13.1 Å². The minimum absolute atomic E-state index is 0.557. The number of benzene rings is 2. The SMILES string of the molecule is NCC1CN(Cc2ccccc2)CN(Cc2ccccc2)C1. The highest BCUT2D eigenvalue weighted by molar-refractivity contribution is 5.15. The Kier molecular flexibility index (Phi) is 5.22. The van der Waals surface area contributed by atoms with E-state index in [4.69, 9.17) is 5.73 Å². The van der Waals surface area contributed by atoms with E-state index in [0.717, 1.165) is 39.4 Å². The first-order valence-corrected chi connectivity index (χ1v) is 8.06. The minimum Gasteiger partial charge on any atom is -0.330 e. The maximum Gasteiger partial charge on any atom is 0.0513 e. The molecule has 0 aliphatic carbocycles. The van der Waals surface area contributed by atoms with Gasteiger partial charge in [0, 0.05) is 26.2 Å². The fraction of sp³-hybridized carbons (Fsp3) is 0.368. The predicted octanol–water partition coefficient (Wildman–Crippen LogP) is 2.54. The maximum absolute atomic E-state index is 5.96. The van der Waals surface area contributed by atoms with Crippen molar-refractivity contribution in [3.8, 4) is 0 Å². The first-order chi connectivity index (χ1) is 10.8. The van der Waals surface area contributed by atoms with Gasteiger partial charge in [0.1, 0.15) is 0 Å². The van der Waals surface area contributed by atoms with Crippen molar-refractivity contribution < 1.29 is 0 Å². The van der Waals surface area contributed by atoms with Crippen molar-refractivity contribution in [3.63, 3.8) is 0 Å². The van der Waals surface area contributed by atoms with E-state index in [1.165, 1.54) is 11.1 Å². The molecule has 2 aromatic rings. The van der Waals surface area contributed by atoms with E-state index in [-0.39, 0.29) is 0 Å². The summed E-state index contributed by atoms with van der Waals surface area (Å²) in [4.78, 5) is 5.03. The maximum atomic E-state index is 5.96. The van der Waals surface area contributed by atoms with Crippen LogP contribution in [0.1, 0.15) is 11.1 Å². The number of rotatable bonds is 5. The van der Waals surface area contributed by atoms with Crippen LogP contribution in [-0.4, -0.2) is 36.1 Å². The van der Waals surface area contributed by atoms with Crippen molar-refractivity contribution in [1.82, 2.24) is 9.80 Å². The van der Waals surface area contributed by atoms with Gasteiger partial charge in [-0.15, -0.1) is 0 Å². The molecular formula is C19H25N3. The van der Waals surface area contributed by atoms with E-state index in [9.17, 15) is 0 Å². The third-order valence-electron chi connectivity index (χ3n) is 4.26. The van der Waals surface area contributed by atoms with Gasteiger partial charge in [0.05, 0.1) is 6.67 Å². The average Bonchev–Trinajstić information content (AvgIpc) is 2.56. The van der Waals surface area contributed by atoms with Crippen molar-refractivity contribution >= 4 is 0 Å². The molecule has 0 unspecified atom stereocenters. The molecular weight excluding hydrogens is 270 g/mol. The summed E-state index contributed by atoms with van der Waals surface area (Å²) in [5.74, 6) is 0.557. The molecule has 0 bridgehead atoms. The van der Waals surface area contributed by atoms with E-state index in [1.54, 1.807) is 0 Å². The van der Waals surface area contributed by atoms with Crippen molar-refractivity contribution in [1.29, 1.82) is 0 Å². The molecule has 0 spiro atoms. The molecule has 3 rings (SSSR count). The van der Waals surface area contributed by atoms with Crippen LogP contribution >= 0.6 is 0 Å². The fourth-order valence-electron chi connectivity index (χ4n) is 3.25. The van der Waals surface area contributed by atoms with Gasteiger partial charge in [0.25, 0.3) is 0 Å². The molecule has 3 nitrogen and oxygen atoms in total. The Labute approximate surface area is 133 Å². The lowest BCUT2D eigenvalue weighted by molar-refractivity contribution is 0.0400. The number of hydrogen-bond donors (Lipinski definition) is 1. The van der Waals surface area contributed by atoms with E-state index >= 15 is 0 Å². The van der Waals surface area contributed by atoms with Crippen LogP contribution in [0.15, 0.2) is 60.7 Å². The van der Waals surface area contributed by atoms with Gasteiger partial charge < -0.3 is 5.73 Å². The monoisotopic (exact) mass is 295 g/mol. The molecule has 1 aliphatic rings. The zero-order valence-electron chi connectivity index (χ0n) is 13.1. The second-order valence-electron chi connectivity index (χ2n) is 6.24. The van der Waals surface area contributed by atoms with Crippen molar-refractivity contribution in [2.24, 2.45) is 11.7 Å². The lowest BCUT2D eigenvalue weighted by Crippen LogP contribution is -2.50. The summed E-state index contributed by atoms with van der Waals surface area (Å²) in [7, 11) is 0. The van der Waals surface area contributed by atoms with Gasteiger partial charge in [0.2, 0.25) is 0 Å². The minimum atomic E-state index is 0.557. The molecule has 0 aromatic heterocycles. The largest absolute Gasteiger partial charge is 0.330 e. The average molecular weight is 295 g/mol. The topological polar surface area (TPSA) is 32.5 Å². The molecule has 2 N–H and O–H groups in total. The second-order valence-corrected chi connectivity index (χ2v) is 6.24. The van der Waals surface area contributed by atoms with Crippen molar-refractivity contribution in [2.75, 3.05) is 26.3 Å².